The Balaban J connectivity index is 1.28. The molecule has 8 nitrogen and oxygen atoms in total. The van der Waals surface area contributed by atoms with Gasteiger partial charge in [-0.25, -0.2) is 14.2 Å². The lowest BCUT2D eigenvalue weighted by Crippen LogP contribution is -2.54. The van der Waals surface area contributed by atoms with Crippen molar-refractivity contribution in [3.05, 3.63) is 65.0 Å². The van der Waals surface area contributed by atoms with E-state index in [0.717, 1.165) is 17.3 Å². The molecule has 2 amide bonds. The minimum atomic E-state index is -4.57. The summed E-state index contributed by atoms with van der Waals surface area (Å²) in [6.07, 6.45) is 1.09. The number of pyridine rings is 1. The van der Waals surface area contributed by atoms with E-state index in [0.29, 0.717) is 56.0 Å². The molecule has 0 spiro atoms. The number of ether oxygens (including phenoxy) is 1. The quantitative estimate of drug-likeness (QED) is 0.339. The van der Waals surface area contributed by atoms with Crippen LogP contribution in [0.4, 0.5) is 33.9 Å². The Labute approximate surface area is 235 Å². The third kappa shape index (κ3) is 5.31. The normalized spacial score (nSPS) is 19.0. The summed E-state index contributed by atoms with van der Waals surface area (Å²) >= 11 is 0. The molecule has 6 rings (SSSR count). The van der Waals surface area contributed by atoms with Gasteiger partial charge in [0.2, 0.25) is 5.88 Å². The van der Waals surface area contributed by atoms with E-state index in [1.807, 2.05) is 13.0 Å². The number of methoxy groups -OCH3 is 1. The Morgan fingerprint density at radius 1 is 1.12 bits per heavy atom. The molecule has 1 aromatic carbocycles. The SMILES string of the molecule is COc1nccc(C)c1N1CCC(N2Cc3cn(CC4(F)CC4)nc3N(Cc3ccccc3C(F)(F)F)C2=O)CC1. The van der Waals surface area contributed by atoms with Crippen molar-refractivity contribution < 1.29 is 27.1 Å². The van der Waals surface area contributed by atoms with Gasteiger partial charge in [0, 0.05) is 37.1 Å². The molecule has 1 saturated carbocycles. The highest BCUT2D eigenvalue weighted by molar-refractivity contribution is 5.94. The van der Waals surface area contributed by atoms with Crippen molar-refractivity contribution in [2.75, 3.05) is 30.0 Å². The molecule has 0 bridgehead atoms. The summed E-state index contributed by atoms with van der Waals surface area (Å²) in [5.41, 5.74) is 0.537. The Morgan fingerprint density at radius 2 is 1.85 bits per heavy atom. The van der Waals surface area contributed by atoms with Crippen molar-refractivity contribution in [3.63, 3.8) is 0 Å². The number of amides is 2. The van der Waals surface area contributed by atoms with Gasteiger partial charge in [0.05, 0.1) is 32.3 Å². The first-order valence-corrected chi connectivity index (χ1v) is 13.8. The second kappa shape index (κ2) is 10.2. The average molecular weight is 573 g/mol. The molecule has 3 aromatic rings. The summed E-state index contributed by atoms with van der Waals surface area (Å²) in [7, 11) is 1.58. The number of nitrogens with zero attached hydrogens (tertiary/aromatic N) is 6. The molecular formula is C29H32F4N6O2. The van der Waals surface area contributed by atoms with E-state index in [1.165, 1.54) is 27.8 Å². The third-order valence-corrected chi connectivity index (χ3v) is 8.28. The number of carbonyl (C=O) groups is 1. The van der Waals surface area contributed by atoms with Crippen LogP contribution in [0, 0.1) is 6.92 Å². The van der Waals surface area contributed by atoms with E-state index in [1.54, 1.807) is 24.4 Å². The Bertz CT molecular complexity index is 1450. The number of rotatable bonds is 7. The van der Waals surface area contributed by atoms with Gasteiger partial charge in [0.25, 0.3) is 0 Å². The lowest BCUT2D eigenvalue weighted by atomic mass is 10.00. The monoisotopic (exact) mass is 572 g/mol. The first kappa shape index (κ1) is 27.3. The first-order valence-electron chi connectivity index (χ1n) is 13.8. The summed E-state index contributed by atoms with van der Waals surface area (Å²) in [6.45, 7) is 3.35. The van der Waals surface area contributed by atoms with Crippen LogP contribution in [0.25, 0.3) is 0 Å². The van der Waals surface area contributed by atoms with Crippen LogP contribution < -0.4 is 14.5 Å². The fraction of sp³-hybridized carbons (Fsp3) is 0.483. The molecule has 4 heterocycles. The van der Waals surface area contributed by atoms with E-state index in [2.05, 4.69) is 15.0 Å². The molecule has 1 aliphatic carbocycles. The molecule has 2 aliphatic heterocycles. The van der Waals surface area contributed by atoms with Crippen molar-refractivity contribution in [1.29, 1.82) is 0 Å². The molecule has 218 valence electrons. The number of fused-ring (bicyclic) bond motifs is 1. The van der Waals surface area contributed by atoms with Gasteiger partial charge in [0.15, 0.2) is 5.82 Å². The highest BCUT2D eigenvalue weighted by Crippen LogP contribution is 2.42. The zero-order valence-electron chi connectivity index (χ0n) is 23.0. The minimum Gasteiger partial charge on any atom is -0.480 e. The van der Waals surface area contributed by atoms with Crippen molar-refractivity contribution in [3.8, 4) is 5.88 Å². The number of aromatic nitrogens is 3. The van der Waals surface area contributed by atoms with Crippen LogP contribution in [0.15, 0.2) is 42.7 Å². The number of aryl methyl sites for hydroxylation is 1. The summed E-state index contributed by atoms with van der Waals surface area (Å²) in [5, 5.41) is 4.50. The maximum Gasteiger partial charge on any atom is 0.416 e. The van der Waals surface area contributed by atoms with Gasteiger partial charge in [-0.2, -0.15) is 18.3 Å². The largest absolute Gasteiger partial charge is 0.480 e. The minimum absolute atomic E-state index is 0.0196. The van der Waals surface area contributed by atoms with Crippen molar-refractivity contribution in [2.24, 2.45) is 0 Å². The summed E-state index contributed by atoms with van der Waals surface area (Å²) in [5.74, 6) is 0.839. The van der Waals surface area contributed by atoms with Crippen molar-refractivity contribution in [1.82, 2.24) is 19.7 Å². The van der Waals surface area contributed by atoms with Crippen molar-refractivity contribution >= 4 is 17.5 Å². The Kier molecular flexibility index (Phi) is 6.82. The van der Waals surface area contributed by atoms with Gasteiger partial charge in [-0.15, -0.1) is 0 Å². The Morgan fingerprint density at radius 3 is 2.54 bits per heavy atom. The standard InChI is InChI=1S/C29H32F4N6O2/c1-19-7-12-34-26(41-2)24(19)36-13-8-22(9-14-36)38-17-21-15-37(18-28(30)10-11-28)35-25(21)39(27(38)40)16-20-5-3-4-6-23(20)29(31,32)33/h3-7,12,15,22H,8-11,13-14,16-18H2,1-2H3. The number of piperidine rings is 1. The van der Waals surface area contributed by atoms with Gasteiger partial charge in [-0.05, 0) is 55.9 Å². The average Bonchev–Trinajstić information content (AvgIpc) is 3.53. The van der Waals surface area contributed by atoms with Crippen LogP contribution in [0.1, 0.15) is 47.9 Å². The summed E-state index contributed by atoms with van der Waals surface area (Å²) in [6, 6.07) is 6.67. The summed E-state index contributed by atoms with van der Waals surface area (Å²) in [4.78, 5) is 23.6. The first-order chi connectivity index (χ1) is 19.6. The molecular weight excluding hydrogens is 540 g/mol. The highest BCUT2D eigenvalue weighted by atomic mass is 19.4. The molecule has 0 radical (unpaired) electrons. The van der Waals surface area contributed by atoms with Crippen LogP contribution in [-0.2, 0) is 25.8 Å². The topological polar surface area (TPSA) is 66.7 Å². The van der Waals surface area contributed by atoms with Crippen LogP contribution in [0.2, 0.25) is 0 Å². The van der Waals surface area contributed by atoms with Crippen LogP contribution in [0.3, 0.4) is 0 Å². The predicted molar refractivity (Wildman–Crippen MR) is 145 cm³/mol. The second-order valence-electron chi connectivity index (χ2n) is 11.2. The van der Waals surface area contributed by atoms with E-state index < -0.39 is 23.4 Å². The predicted octanol–water partition coefficient (Wildman–Crippen LogP) is 5.73. The van der Waals surface area contributed by atoms with E-state index in [9.17, 15) is 22.4 Å². The summed E-state index contributed by atoms with van der Waals surface area (Å²) < 4.78 is 63.0. The van der Waals surface area contributed by atoms with Gasteiger partial charge in [-0.3, -0.25) is 9.58 Å². The fourth-order valence-electron chi connectivity index (χ4n) is 5.95. The van der Waals surface area contributed by atoms with Gasteiger partial charge in [-0.1, -0.05) is 18.2 Å². The highest BCUT2D eigenvalue weighted by Gasteiger charge is 2.45. The molecule has 0 unspecified atom stereocenters. The van der Waals surface area contributed by atoms with E-state index in [-0.39, 0.29) is 31.2 Å². The molecule has 0 atom stereocenters. The molecule has 0 N–H and O–H groups in total. The molecule has 1 saturated heterocycles. The third-order valence-electron chi connectivity index (χ3n) is 8.28. The molecule has 3 aliphatic rings. The van der Waals surface area contributed by atoms with Gasteiger partial charge < -0.3 is 14.5 Å². The van der Waals surface area contributed by atoms with E-state index >= 15 is 0 Å². The van der Waals surface area contributed by atoms with Crippen LogP contribution >= 0.6 is 0 Å². The lowest BCUT2D eigenvalue weighted by molar-refractivity contribution is -0.138. The zero-order valence-corrected chi connectivity index (χ0v) is 23.0. The van der Waals surface area contributed by atoms with Gasteiger partial charge in [0.1, 0.15) is 11.4 Å². The second-order valence-corrected chi connectivity index (χ2v) is 11.2. The number of carbonyl (C=O) groups excluding carboxylic acids is 1. The fourth-order valence-corrected chi connectivity index (χ4v) is 5.95. The number of benzene rings is 1. The number of hydrogen-bond acceptors (Lipinski definition) is 5. The maximum atomic E-state index is 14.6. The number of urea groups is 1. The smallest absolute Gasteiger partial charge is 0.416 e. The number of anilines is 2. The molecule has 2 fully saturated rings. The Hall–Kier alpha value is -3.83. The maximum absolute atomic E-state index is 14.6. The molecule has 41 heavy (non-hydrogen) atoms. The van der Waals surface area contributed by atoms with E-state index in [4.69, 9.17) is 4.74 Å². The number of alkyl halides is 4. The zero-order chi connectivity index (χ0) is 28.9. The van der Waals surface area contributed by atoms with Crippen LogP contribution in [-0.4, -0.2) is 57.6 Å². The van der Waals surface area contributed by atoms with Crippen molar-refractivity contribution in [2.45, 2.75) is 70.1 Å². The number of hydrogen-bond donors (Lipinski definition) is 0. The number of halogens is 4. The lowest BCUT2D eigenvalue weighted by Gasteiger charge is -2.43. The molecule has 2 aromatic heterocycles. The molecule has 12 heteroatoms. The van der Waals surface area contributed by atoms with Gasteiger partial charge >= 0.3 is 12.2 Å². The van der Waals surface area contributed by atoms with Crippen LogP contribution in [0.5, 0.6) is 5.88 Å².